The largest absolute Gasteiger partial charge is 0.397 e. The second-order valence-electron chi connectivity index (χ2n) is 4.21. The number of nitrogens with two attached hydrogens (primary N) is 1. The third-order valence-corrected chi connectivity index (χ3v) is 4.45. The highest BCUT2D eigenvalue weighted by Gasteiger charge is 2.15. The van der Waals surface area contributed by atoms with Gasteiger partial charge in [0.15, 0.2) is 5.82 Å². The topological polar surface area (TPSA) is 69.6 Å². The zero-order valence-corrected chi connectivity index (χ0v) is 13.6. The van der Waals surface area contributed by atoms with Gasteiger partial charge < -0.3 is 5.73 Å². The quantitative estimate of drug-likeness (QED) is 0.678. The number of aromatic nitrogens is 4. The minimum Gasteiger partial charge on any atom is -0.397 e. The van der Waals surface area contributed by atoms with E-state index in [2.05, 4.69) is 31.5 Å². The molecule has 0 fully saturated rings. The van der Waals surface area contributed by atoms with Gasteiger partial charge in [-0.1, -0.05) is 29.3 Å². The molecule has 2 N–H and O–H groups in total. The van der Waals surface area contributed by atoms with E-state index in [1.54, 1.807) is 22.9 Å². The van der Waals surface area contributed by atoms with Gasteiger partial charge in [0.2, 0.25) is 0 Å². The first-order valence-electron chi connectivity index (χ1n) is 5.86. The van der Waals surface area contributed by atoms with Crippen LogP contribution in [0.1, 0.15) is 0 Å². The number of hydrogen-bond acceptors (Lipinski definition) is 4. The number of tetrazole rings is 1. The Hall–Kier alpha value is -1.63. The molecular weight excluding hydrogens is 377 g/mol. The van der Waals surface area contributed by atoms with Crippen LogP contribution in [0.15, 0.2) is 40.9 Å². The first-order chi connectivity index (χ1) is 10.1. The standard InChI is InChI=1S/C13H8BrCl2N5/c14-9-6-7(4-5-10(9)15)21-13(18-19-20-21)8-2-1-3-11(16)12(8)17/h1-6H,17H2. The first-order valence-corrected chi connectivity index (χ1v) is 7.41. The van der Waals surface area contributed by atoms with Gasteiger partial charge in [-0.15, -0.1) is 5.10 Å². The number of nitrogen functional groups attached to an aromatic ring is 1. The molecule has 0 radical (unpaired) electrons. The number of hydrogen-bond donors (Lipinski definition) is 1. The maximum absolute atomic E-state index is 6.05. The van der Waals surface area contributed by atoms with Crippen LogP contribution < -0.4 is 5.73 Å². The fourth-order valence-corrected chi connectivity index (χ4v) is 2.54. The third-order valence-electron chi connectivity index (χ3n) is 2.91. The van der Waals surface area contributed by atoms with Crippen molar-refractivity contribution in [1.82, 2.24) is 20.2 Å². The molecule has 106 valence electrons. The molecule has 0 saturated carbocycles. The molecule has 0 unspecified atom stereocenters. The lowest BCUT2D eigenvalue weighted by molar-refractivity contribution is 0.791. The molecule has 0 amide bonds. The molecular formula is C13H8BrCl2N5. The summed E-state index contributed by atoms with van der Waals surface area (Å²) in [5.74, 6) is 0.504. The van der Waals surface area contributed by atoms with Crippen molar-refractivity contribution in [1.29, 1.82) is 0 Å². The van der Waals surface area contributed by atoms with Gasteiger partial charge in [-0.05, 0) is 56.7 Å². The van der Waals surface area contributed by atoms with Gasteiger partial charge in [0, 0.05) is 10.0 Å². The number of anilines is 1. The Bertz CT molecular complexity index is 818. The molecule has 1 aromatic heterocycles. The highest BCUT2D eigenvalue weighted by molar-refractivity contribution is 9.10. The van der Waals surface area contributed by atoms with Crippen molar-refractivity contribution in [2.24, 2.45) is 0 Å². The Morgan fingerprint density at radius 3 is 2.67 bits per heavy atom. The Morgan fingerprint density at radius 1 is 1.10 bits per heavy atom. The molecule has 1 heterocycles. The van der Waals surface area contributed by atoms with E-state index < -0.39 is 0 Å². The van der Waals surface area contributed by atoms with Crippen molar-refractivity contribution in [3.05, 3.63) is 50.9 Å². The lowest BCUT2D eigenvalue weighted by atomic mass is 10.1. The minimum absolute atomic E-state index is 0.434. The molecule has 0 aliphatic heterocycles. The Labute approximate surface area is 138 Å². The van der Waals surface area contributed by atoms with Crippen molar-refractivity contribution >= 4 is 44.8 Å². The van der Waals surface area contributed by atoms with Crippen LogP contribution in [0.3, 0.4) is 0 Å². The Morgan fingerprint density at radius 2 is 1.90 bits per heavy atom. The zero-order valence-electron chi connectivity index (χ0n) is 10.5. The summed E-state index contributed by atoms with van der Waals surface area (Å²) in [5, 5.41) is 12.8. The summed E-state index contributed by atoms with van der Waals surface area (Å²) in [4.78, 5) is 0. The molecule has 0 aliphatic rings. The molecule has 0 aliphatic carbocycles. The maximum Gasteiger partial charge on any atom is 0.189 e. The van der Waals surface area contributed by atoms with Crippen molar-refractivity contribution in [3.63, 3.8) is 0 Å². The molecule has 21 heavy (non-hydrogen) atoms. The van der Waals surface area contributed by atoms with Crippen LogP contribution >= 0.6 is 39.1 Å². The smallest absolute Gasteiger partial charge is 0.189 e. The summed E-state index contributed by atoms with van der Waals surface area (Å²) >= 11 is 15.4. The fraction of sp³-hybridized carbons (Fsp3) is 0. The van der Waals surface area contributed by atoms with E-state index in [1.165, 1.54) is 0 Å². The second kappa shape index (κ2) is 5.63. The summed E-state index contributed by atoms with van der Waals surface area (Å²) in [6.07, 6.45) is 0. The van der Waals surface area contributed by atoms with E-state index in [0.717, 1.165) is 10.2 Å². The van der Waals surface area contributed by atoms with Gasteiger partial charge >= 0.3 is 0 Å². The molecule has 0 atom stereocenters. The number of para-hydroxylation sites is 1. The predicted octanol–water partition coefficient (Wildman–Crippen LogP) is 3.98. The van der Waals surface area contributed by atoms with Crippen LogP contribution in [0, 0.1) is 0 Å². The van der Waals surface area contributed by atoms with Gasteiger partial charge in [0.25, 0.3) is 0 Å². The third kappa shape index (κ3) is 2.62. The molecule has 3 aromatic rings. The van der Waals surface area contributed by atoms with E-state index in [-0.39, 0.29) is 0 Å². The van der Waals surface area contributed by atoms with Crippen LogP contribution in [0.25, 0.3) is 17.1 Å². The lowest BCUT2D eigenvalue weighted by Crippen LogP contribution is -2.02. The molecule has 0 saturated heterocycles. The van der Waals surface area contributed by atoms with Crippen molar-refractivity contribution in [3.8, 4) is 17.1 Å². The highest BCUT2D eigenvalue weighted by atomic mass is 79.9. The zero-order chi connectivity index (χ0) is 15.0. The van der Waals surface area contributed by atoms with Crippen LogP contribution in [-0.2, 0) is 0 Å². The van der Waals surface area contributed by atoms with Crippen molar-refractivity contribution in [2.45, 2.75) is 0 Å². The van der Waals surface area contributed by atoms with Gasteiger partial charge in [0.1, 0.15) is 0 Å². The summed E-state index contributed by atoms with van der Waals surface area (Å²) in [6.45, 7) is 0. The van der Waals surface area contributed by atoms with Crippen LogP contribution in [0.2, 0.25) is 10.0 Å². The van der Waals surface area contributed by atoms with E-state index in [0.29, 0.717) is 27.1 Å². The number of rotatable bonds is 2. The minimum atomic E-state index is 0.434. The predicted molar refractivity (Wildman–Crippen MR) is 86.7 cm³/mol. The molecule has 2 aromatic carbocycles. The van der Waals surface area contributed by atoms with E-state index in [4.69, 9.17) is 28.9 Å². The maximum atomic E-state index is 6.05. The monoisotopic (exact) mass is 383 g/mol. The Kier molecular flexibility index (Phi) is 3.84. The highest BCUT2D eigenvalue weighted by Crippen LogP contribution is 2.32. The molecule has 5 nitrogen and oxygen atoms in total. The summed E-state index contributed by atoms with van der Waals surface area (Å²) in [7, 11) is 0. The fourth-order valence-electron chi connectivity index (χ4n) is 1.88. The van der Waals surface area contributed by atoms with Gasteiger partial charge in [-0.2, -0.15) is 4.68 Å². The van der Waals surface area contributed by atoms with Gasteiger partial charge in [-0.3, -0.25) is 0 Å². The average Bonchev–Trinajstić information content (AvgIpc) is 2.94. The summed E-state index contributed by atoms with van der Waals surface area (Å²) in [6, 6.07) is 10.7. The Balaban J connectivity index is 2.17. The SMILES string of the molecule is Nc1c(Cl)cccc1-c1nnnn1-c1ccc(Cl)c(Br)c1. The molecule has 8 heteroatoms. The van der Waals surface area contributed by atoms with Gasteiger partial charge in [0.05, 0.1) is 21.4 Å². The van der Waals surface area contributed by atoms with Crippen LogP contribution in [0.4, 0.5) is 5.69 Å². The van der Waals surface area contributed by atoms with E-state index >= 15 is 0 Å². The molecule has 0 spiro atoms. The first kappa shape index (κ1) is 14.3. The van der Waals surface area contributed by atoms with E-state index in [9.17, 15) is 0 Å². The van der Waals surface area contributed by atoms with Crippen LogP contribution in [0.5, 0.6) is 0 Å². The normalized spacial score (nSPS) is 10.8. The number of benzene rings is 2. The molecule has 0 bridgehead atoms. The van der Waals surface area contributed by atoms with Gasteiger partial charge in [-0.25, -0.2) is 0 Å². The number of nitrogens with zero attached hydrogens (tertiary/aromatic N) is 4. The van der Waals surface area contributed by atoms with Crippen molar-refractivity contribution < 1.29 is 0 Å². The van der Waals surface area contributed by atoms with Crippen LogP contribution in [-0.4, -0.2) is 20.2 Å². The summed E-state index contributed by atoms with van der Waals surface area (Å²) in [5.41, 5.74) is 7.86. The lowest BCUT2D eigenvalue weighted by Gasteiger charge is -2.08. The second-order valence-corrected chi connectivity index (χ2v) is 5.88. The van der Waals surface area contributed by atoms with Crippen molar-refractivity contribution in [2.75, 3.05) is 5.73 Å². The molecule has 3 rings (SSSR count). The summed E-state index contributed by atoms with van der Waals surface area (Å²) < 4.78 is 2.32. The van der Waals surface area contributed by atoms with E-state index in [1.807, 2.05) is 18.2 Å². The number of halogens is 3. The average molecular weight is 385 g/mol.